The SMILES string of the molecule is CC(CNC(=O)NC1CCCCC1CO)Oc1ccccc1. The molecule has 3 atom stereocenters. The van der Waals surface area contributed by atoms with Crippen LogP contribution in [0, 0.1) is 5.92 Å². The second-order valence-corrected chi connectivity index (χ2v) is 5.93. The van der Waals surface area contributed by atoms with Crippen molar-refractivity contribution in [1.82, 2.24) is 10.6 Å². The Morgan fingerprint density at radius 2 is 2.05 bits per heavy atom. The number of hydrogen-bond acceptors (Lipinski definition) is 3. The molecule has 0 radical (unpaired) electrons. The Morgan fingerprint density at radius 1 is 1.32 bits per heavy atom. The van der Waals surface area contributed by atoms with Gasteiger partial charge in [-0.15, -0.1) is 0 Å². The Balaban J connectivity index is 1.70. The Morgan fingerprint density at radius 3 is 2.77 bits per heavy atom. The zero-order chi connectivity index (χ0) is 15.8. The molecule has 1 aliphatic carbocycles. The molecule has 122 valence electrons. The molecular formula is C17H26N2O3. The van der Waals surface area contributed by atoms with Gasteiger partial charge in [-0.3, -0.25) is 0 Å². The highest BCUT2D eigenvalue weighted by Crippen LogP contribution is 2.23. The van der Waals surface area contributed by atoms with Crippen molar-refractivity contribution in [3.63, 3.8) is 0 Å². The van der Waals surface area contributed by atoms with E-state index in [1.54, 1.807) is 0 Å². The minimum absolute atomic E-state index is 0.0732. The van der Waals surface area contributed by atoms with Gasteiger partial charge in [0, 0.05) is 18.6 Å². The Hall–Kier alpha value is -1.75. The molecule has 0 aliphatic heterocycles. The van der Waals surface area contributed by atoms with Gasteiger partial charge in [-0.25, -0.2) is 4.79 Å². The summed E-state index contributed by atoms with van der Waals surface area (Å²) in [7, 11) is 0. The lowest BCUT2D eigenvalue weighted by Crippen LogP contribution is -2.49. The molecule has 0 saturated heterocycles. The maximum Gasteiger partial charge on any atom is 0.315 e. The third-order valence-electron chi connectivity index (χ3n) is 4.09. The Labute approximate surface area is 132 Å². The number of nitrogens with one attached hydrogen (secondary N) is 2. The standard InChI is InChI=1S/C17H26N2O3/c1-13(22-15-8-3-2-4-9-15)11-18-17(21)19-16-10-6-5-7-14(16)12-20/h2-4,8-9,13-14,16,20H,5-7,10-12H2,1H3,(H2,18,19,21). The molecule has 1 aromatic carbocycles. The van der Waals surface area contributed by atoms with E-state index >= 15 is 0 Å². The molecule has 0 heterocycles. The maximum absolute atomic E-state index is 12.0. The molecule has 22 heavy (non-hydrogen) atoms. The average molecular weight is 306 g/mol. The Bertz CT molecular complexity index is 452. The van der Waals surface area contributed by atoms with Crippen molar-refractivity contribution in [1.29, 1.82) is 0 Å². The molecule has 0 bridgehead atoms. The van der Waals surface area contributed by atoms with Crippen molar-refractivity contribution in [2.75, 3.05) is 13.2 Å². The minimum atomic E-state index is -0.186. The number of hydrogen-bond donors (Lipinski definition) is 3. The van der Waals surface area contributed by atoms with Gasteiger partial charge in [-0.05, 0) is 31.9 Å². The first-order valence-electron chi connectivity index (χ1n) is 8.06. The van der Waals surface area contributed by atoms with Gasteiger partial charge in [0.2, 0.25) is 0 Å². The summed E-state index contributed by atoms with van der Waals surface area (Å²) in [6, 6.07) is 9.44. The fourth-order valence-corrected chi connectivity index (χ4v) is 2.85. The van der Waals surface area contributed by atoms with Crippen LogP contribution in [0.3, 0.4) is 0 Å². The van der Waals surface area contributed by atoms with Crippen LogP contribution in [0.2, 0.25) is 0 Å². The van der Waals surface area contributed by atoms with Crippen molar-refractivity contribution < 1.29 is 14.6 Å². The van der Waals surface area contributed by atoms with Crippen LogP contribution in [0.1, 0.15) is 32.6 Å². The molecule has 1 aliphatic rings. The van der Waals surface area contributed by atoms with Crippen LogP contribution in [0.4, 0.5) is 4.79 Å². The van der Waals surface area contributed by atoms with Crippen molar-refractivity contribution in [3.8, 4) is 5.75 Å². The van der Waals surface area contributed by atoms with E-state index in [0.717, 1.165) is 31.4 Å². The number of rotatable bonds is 6. The molecule has 3 N–H and O–H groups in total. The number of aliphatic hydroxyl groups is 1. The number of amides is 2. The number of carbonyl (C=O) groups is 1. The summed E-state index contributed by atoms with van der Waals surface area (Å²) in [5.74, 6) is 0.974. The highest BCUT2D eigenvalue weighted by atomic mass is 16.5. The lowest BCUT2D eigenvalue weighted by Gasteiger charge is -2.31. The first-order valence-corrected chi connectivity index (χ1v) is 8.06. The summed E-state index contributed by atoms with van der Waals surface area (Å²) in [5, 5.41) is 15.2. The summed E-state index contributed by atoms with van der Waals surface area (Å²) >= 11 is 0. The fourth-order valence-electron chi connectivity index (χ4n) is 2.85. The first-order chi connectivity index (χ1) is 10.7. The van der Waals surface area contributed by atoms with E-state index in [2.05, 4.69) is 10.6 Å². The molecule has 1 saturated carbocycles. The number of carbonyl (C=O) groups excluding carboxylic acids is 1. The highest BCUT2D eigenvalue weighted by molar-refractivity contribution is 5.74. The minimum Gasteiger partial charge on any atom is -0.489 e. The third-order valence-corrected chi connectivity index (χ3v) is 4.09. The molecule has 1 fully saturated rings. The van der Waals surface area contributed by atoms with Crippen LogP contribution in [0.25, 0.3) is 0 Å². The van der Waals surface area contributed by atoms with E-state index in [4.69, 9.17) is 4.74 Å². The molecule has 1 aromatic rings. The molecule has 3 unspecified atom stereocenters. The topological polar surface area (TPSA) is 70.6 Å². The lowest BCUT2D eigenvalue weighted by atomic mass is 9.85. The Kier molecular flexibility index (Phi) is 6.52. The smallest absolute Gasteiger partial charge is 0.315 e. The third kappa shape index (κ3) is 5.22. The molecule has 5 heteroatoms. The molecule has 0 spiro atoms. The zero-order valence-electron chi connectivity index (χ0n) is 13.1. The van der Waals surface area contributed by atoms with Crippen LogP contribution in [0.5, 0.6) is 5.75 Å². The normalized spacial score (nSPS) is 22.6. The summed E-state index contributed by atoms with van der Waals surface area (Å²) in [4.78, 5) is 12.0. The van der Waals surface area contributed by atoms with E-state index in [1.807, 2.05) is 37.3 Å². The van der Waals surface area contributed by atoms with Crippen LogP contribution < -0.4 is 15.4 Å². The van der Waals surface area contributed by atoms with Gasteiger partial charge in [-0.2, -0.15) is 0 Å². The van der Waals surface area contributed by atoms with Gasteiger partial charge in [0.1, 0.15) is 11.9 Å². The van der Waals surface area contributed by atoms with Gasteiger partial charge in [0.25, 0.3) is 0 Å². The van der Waals surface area contributed by atoms with Crippen molar-refractivity contribution in [2.45, 2.75) is 44.8 Å². The number of urea groups is 1. The monoisotopic (exact) mass is 306 g/mol. The van der Waals surface area contributed by atoms with E-state index < -0.39 is 0 Å². The highest BCUT2D eigenvalue weighted by Gasteiger charge is 2.25. The zero-order valence-corrected chi connectivity index (χ0v) is 13.1. The number of benzene rings is 1. The maximum atomic E-state index is 12.0. The molecule has 2 amide bonds. The van der Waals surface area contributed by atoms with E-state index in [1.165, 1.54) is 0 Å². The quantitative estimate of drug-likeness (QED) is 0.755. The van der Waals surface area contributed by atoms with Crippen molar-refractivity contribution in [2.24, 2.45) is 5.92 Å². The molecular weight excluding hydrogens is 280 g/mol. The summed E-state index contributed by atoms with van der Waals surface area (Å²) in [6.07, 6.45) is 4.05. The second kappa shape index (κ2) is 8.63. The van der Waals surface area contributed by atoms with Gasteiger partial charge >= 0.3 is 6.03 Å². The van der Waals surface area contributed by atoms with Crippen molar-refractivity contribution >= 4 is 6.03 Å². The molecule has 2 rings (SSSR count). The molecule has 0 aromatic heterocycles. The predicted molar refractivity (Wildman–Crippen MR) is 85.9 cm³/mol. The number of ether oxygens (including phenoxy) is 1. The number of para-hydroxylation sites is 1. The fraction of sp³-hybridized carbons (Fsp3) is 0.588. The van der Waals surface area contributed by atoms with E-state index in [0.29, 0.717) is 6.54 Å². The predicted octanol–water partition coefficient (Wildman–Crippen LogP) is 2.30. The second-order valence-electron chi connectivity index (χ2n) is 5.93. The van der Waals surface area contributed by atoms with Gasteiger partial charge in [0.15, 0.2) is 0 Å². The summed E-state index contributed by atoms with van der Waals surface area (Å²) < 4.78 is 5.71. The first kappa shape index (κ1) is 16.6. The van der Waals surface area contributed by atoms with E-state index in [9.17, 15) is 9.90 Å². The lowest BCUT2D eigenvalue weighted by molar-refractivity contribution is 0.152. The van der Waals surface area contributed by atoms with Crippen LogP contribution in [-0.4, -0.2) is 36.4 Å². The van der Waals surface area contributed by atoms with Crippen molar-refractivity contribution in [3.05, 3.63) is 30.3 Å². The largest absolute Gasteiger partial charge is 0.489 e. The van der Waals surface area contributed by atoms with Gasteiger partial charge in [0.05, 0.1) is 6.54 Å². The van der Waals surface area contributed by atoms with Crippen LogP contribution in [0.15, 0.2) is 30.3 Å². The van der Waals surface area contributed by atoms with Gasteiger partial charge in [-0.1, -0.05) is 31.0 Å². The average Bonchev–Trinajstić information content (AvgIpc) is 2.54. The van der Waals surface area contributed by atoms with Gasteiger partial charge < -0.3 is 20.5 Å². The summed E-state index contributed by atoms with van der Waals surface area (Å²) in [6.45, 7) is 2.50. The molecule has 5 nitrogen and oxygen atoms in total. The summed E-state index contributed by atoms with van der Waals surface area (Å²) in [5.41, 5.74) is 0. The van der Waals surface area contributed by atoms with E-state index in [-0.39, 0.29) is 30.7 Å². The van der Waals surface area contributed by atoms with Crippen LogP contribution >= 0.6 is 0 Å². The number of aliphatic hydroxyl groups excluding tert-OH is 1. The van der Waals surface area contributed by atoms with Crippen LogP contribution in [-0.2, 0) is 0 Å².